The first-order chi connectivity index (χ1) is 10.4. The maximum absolute atomic E-state index is 5.67. The minimum atomic E-state index is -0.0699. The molecule has 0 fully saturated rings. The van der Waals surface area contributed by atoms with Crippen molar-refractivity contribution in [3.05, 3.63) is 36.8 Å². The first-order valence-corrected chi connectivity index (χ1v) is 7.04. The summed E-state index contributed by atoms with van der Waals surface area (Å²) in [6.07, 6.45) is 5.14. The lowest BCUT2D eigenvalue weighted by Crippen LogP contribution is -2.26. The van der Waals surface area contributed by atoms with Gasteiger partial charge in [0.25, 0.3) is 0 Å². The summed E-state index contributed by atoms with van der Waals surface area (Å²) in [7, 11) is 0. The first-order valence-electron chi connectivity index (χ1n) is 7.04. The average Bonchev–Trinajstić information content (AvgIpc) is 2.45. The Labute approximate surface area is 128 Å². The average molecular weight is 294 g/mol. The maximum Gasteiger partial charge on any atom is 0.220 e. The molecule has 3 aromatic heterocycles. The van der Waals surface area contributed by atoms with E-state index in [9.17, 15) is 0 Å². The van der Waals surface area contributed by atoms with E-state index in [4.69, 9.17) is 5.73 Å². The molecule has 0 aromatic carbocycles. The van der Waals surface area contributed by atoms with Crippen LogP contribution in [-0.4, -0.2) is 25.5 Å². The van der Waals surface area contributed by atoms with Crippen LogP contribution in [0.2, 0.25) is 0 Å². The largest absolute Gasteiger partial charge is 0.380 e. The zero-order chi connectivity index (χ0) is 15.7. The van der Waals surface area contributed by atoms with Crippen LogP contribution in [0.3, 0.4) is 0 Å². The third kappa shape index (κ3) is 2.95. The summed E-state index contributed by atoms with van der Waals surface area (Å²) in [4.78, 5) is 16.9. The van der Waals surface area contributed by atoms with E-state index in [1.165, 1.54) is 0 Å². The van der Waals surface area contributed by atoms with Gasteiger partial charge in [0.05, 0.1) is 23.1 Å². The Kier molecular flexibility index (Phi) is 3.36. The molecule has 112 valence electrons. The normalized spacial score (nSPS) is 11.6. The van der Waals surface area contributed by atoms with Crippen molar-refractivity contribution in [3.8, 4) is 11.4 Å². The summed E-state index contributed by atoms with van der Waals surface area (Å²) in [6.45, 7) is 6.34. The molecule has 3 rings (SSSR count). The molecule has 22 heavy (non-hydrogen) atoms. The summed E-state index contributed by atoms with van der Waals surface area (Å²) in [5.74, 6) is 0.232. The number of aromatic nitrogens is 4. The number of nitrogen functional groups attached to an aromatic ring is 1. The lowest BCUT2D eigenvalue weighted by molar-refractivity contribution is 0.635. The molecule has 0 unspecified atom stereocenters. The molecule has 0 aliphatic heterocycles. The van der Waals surface area contributed by atoms with E-state index in [1.807, 2.05) is 12.1 Å². The number of nitrogens with zero attached hydrogens (tertiary/aromatic N) is 4. The zero-order valence-corrected chi connectivity index (χ0v) is 12.8. The van der Waals surface area contributed by atoms with Crippen molar-refractivity contribution in [2.75, 3.05) is 11.1 Å². The van der Waals surface area contributed by atoms with Crippen LogP contribution < -0.4 is 11.1 Å². The van der Waals surface area contributed by atoms with E-state index in [0.717, 1.165) is 22.3 Å². The second-order valence-electron chi connectivity index (χ2n) is 6.12. The van der Waals surface area contributed by atoms with Crippen LogP contribution >= 0.6 is 0 Å². The van der Waals surface area contributed by atoms with Gasteiger partial charge in [-0.15, -0.1) is 0 Å². The second-order valence-corrected chi connectivity index (χ2v) is 6.12. The van der Waals surface area contributed by atoms with E-state index < -0.39 is 0 Å². The summed E-state index contributed by atoms with van der Waals surface area (Å²) in [5.41, 5.74) is 8.83. The molecule has 6 nitrogen and oxygen atoms in total. The van der Waals surface area contributed by atoms with Crippen LogP contribution in [0.5, 0.6) is 0 Å². The maximum atomic E-state index is 5.67. The highest BCUT2D eigenvalue weighted by Crippen LogP contribution is 2.29. The first kappa shape index (κ1) is 14.2. The second kappa shape index (κ2) is 5.22. The van der Waals surface area contributed by atoms with E-state index in [-0.39, 0.29) is 11.5 Å². The Morgan fingerprint density at radius 2 is 1.86 bits per heavy atom. The third-order valence-electron chi connectivity index (χ3n) is 3.06. The van der Waals surface area contributed by atoms with Gasteiger partial charge in [-0.05, 0) is 39.0 Å². The number of hydrogen-bond acceptors (Lipinski definition) is 6. The highest BCUT2D eigenvalue weighted by Gasteiger charge is 2.14. The van der Waals surface area contributed by atoms with Crippen LogP contribution in [0.1, 0.15) is 20.8 Å². The van der Waals surface area contributed by atoms with Gasteiger partial charge in [-0.1, -0.05) is 0 Å². The fraction of sp³-hybridized carbons (Fsp3) is 0.250. The van der Waals surface area contributed by atoms with Gasteiger partial charge >= 0.3 is 0 Å². The number of rotatable bonds is 2. The van der Waals surface area contributed by atoms with Gasteiger partial charge in [0.15, 0.2) is 0 Å². The Morgan fingerprint density at radius 3 is 2.59 bits per heavy atom. The number of pyridine rings is 2. The standard InChI is InChI=1S/C16H18N6/c1-16(2,3)22-12-8-13(11-5-7-19-15(17)21-11)20-14-9-18-6-4-10(12)14/h4-9H,1-3H3,(H,20,22)(H2,17,19,21). The number of nitrogens with one attached hydrogen (secondary N) is 1. The van der Waals surface area contributed by atoms with Gasteiger partial charge in [-0.2, -0.15) is 0 Å². The van der Waals surface area contributed by atoms with Crippen LogP contribution in [-0.2, 0) is 0 Å². The molecule has 0 radical (unpaired) electrons. The topological polar surface area (TPSA) is 89.6 Å². The molecule has 3 heterocycles. The van der Waals surface area contributed by atoms with Gasteiger partial charge in [0.1, 0.15) is 0 Å². The quantitative estimate of drug-likeness (QED) is 0.755. The molecule has 0 saturated heterocycles. The van der Waals surface area contributed by atoms with E-state index in [2.05, 4.69) is 46.0 Å². The van der Waals surface area contributed by atoms with Crippen molar-refractivity contribution < 1.29 is 0 Å². The number of fused-ring (bicyclic) bond motifs is 1. The van der Waals surface area contributed by atoms with Crippen LogP contribution in [0, 0.1) is 0 Å². The molecule has 0 bridgehead atoms. The lowest BCUT2D eigenvalue weighted by atomic mass is 10.1. The van der Waals surface area contributed by atoms with Crippen molar-refractivity contribution in [2.24, 2.45) is 0 Å². The molecule has 0 atom stereocenters. The minimum Gasteiger partial charge on any atom is -0.380 e. The van der Waals surface area contributed by atoms with Gasteiger partial charge in [-0.25, -0.2) is 15.0 Å². The minimum absolute atomic E-state index is 0.0699. The highest BCUT2D eigenvalue weighted by molar-refractivity contribution is 5.93. The Morgan fingerprint density at radius 1 is 1.05 bits per heavy atom. The molecule has 0 aliphatic rings. The smallest absolute Gasteiger partial charge is 0.220 e. The van der Waals surface area contributed by atoms with Gasteiger partial charge in [0.2, 0.25) is 5.95 Å². The summed E-state index contributed by atoms with van der Waals surface area (Å²) < 4.78 is 0. The van der Waals surface area contributed by atoms with Gasteiger partial charge < -0.3 is 11.1 Å². The van der Waals surface area contributed by atoms with Gasteiger partial charge in [-0.3, -0.25) is 4.98 Å². The molecule has 0 amide bonds. The third-order valence-corrected chi connectivity index (χ3v) is 3.06. The lowest BCUT2D eigenvalue weighted by Gasteiger charge is -2.23. The molecule has 3 aromatic rings. The molecule has 0 saturated carbocycles. The fourth-order valence-electron chi connectivity index (χ4n) is 2.23. The Bertz CT molecular complexity index is 822. The van der Waals surface area contributed by atoms with Crippen LogP contribution in [0.25, 0.3) is 22.3 Å². The van der Waals surface area contributed by atoms with E-state index in [1.54, 1.807) is 24.7 Å². The number of nitrogens with two attached hydrogens (primary N) is 1. The molecule has 0 aliphatic carbocycles. The number of anilines is 2. The summed E-state index contributed by atoms with van der Waals surface area (Å²) in [5, 5.41) is 4.53. The van der Waals surface area contributed by atoms with Crippen LogP contribution in [0.4, 0.5) is 11.6 Å². The van der Waals surface area contributed by atoms with E-state index in [0.29, 0.717) is 5.69 Å². The molecular formula is C16H18N6. The Balaban J connectivity index is 2.20. The molecule has 3 N–H and O–H groups in total. The van der Waals surface area contributed by atoms with Crippen molar-refractivity contribution in [1.82, 2.24) is 19.9 Å². The summed E-state index contributed by atoms with van der Waals surface area (Å²) in [6, 6.07) is 5.73. The van der Waals surface area contributed by atoms with Crippen LogP contribution in [0.15, 0.2) is 36.8 Å². The molecular weight excluding hydrogens is 276 g/mol. The fourth-order valence-corrected chi connectivity index (χ4v) is 2.23. The molecule has 6 heteroatoms. The molecule has 0 spiro atoms. The van der Waals surface area contributed by atoms with E-state index >= 15 is 0 Å². The zero-order valence-electron chi connectivity index (χ0n) is 12.8. The van der Waals surface area contributed by atoms with Crippen molar-refractivity contribution >= 4 is 22.5 Å². The van der Waals surface area contributed by atoms with Crippen molar-refractivity contribution in [2.45, 2.75) is 26.3 Å². The summed E-state index contributed by atoms with van der Waals surface area (Å²) >= 11 is 0. The predicted octanol–water partition coefficient (Wildman–Crippen LogP) is 2.88. The van der Waals surface area contributed by atoms with Crippen molar-refractivity contribution in [1.29, 1.82) is 0 Å². The number of hydrogen-bond donors (Lipinski definition) is 2. The van der Waals surface area contributed by atoms with Crippen molar-refractivity contribution in [3.63, 3.8) is 0 Å². The predicted molar refractivity (Wildman–Crippen MR) is 88.4 cm³/mol. The van der Waals surface area contributed by atoms with Gasteiger partial charge in [0, 0.05) is 29.0 Å². The monoisotopic (exact) mass is 294 g/mol. The Hall–Kier alpha value is -2.76. The SMILES string of the molecule is CC(C)(C)Nc1cc(-c2ccnc(N)n2)nc2cnccc12. The highest BCUT2D eigenvalue weighted by atomic mass is 15.0.